The summed E-state index contributed by atoms with van der Waals surface area (Å²) in [5.74, 6) is -0.214. The van der Waals surface area contributed by atoms with Crippen molar-refractivity contribution in [2.45, 2.75) is 13.5 Å². The molecule has 1 saturated heterocycles. The molecule has 2 aromatic carbocycles. The quantitative estimate of drug-likeness (QED) is 0.523. The number of nitrogens with zero attached hydrogens (tertiary/aromatic N) is 2. The molecule has 0 atom stereocenters. The summed E-state index contributed by atoms with van der Waals surface area (Å²) in [4.78, 5) is 17.7. The molecule has 0 radical (unpaired) electrons. The Labute approximate surface area is 180 Å². The molecule has 1 aliphatic rings. The van der Waals surface area contributed by atoms with E-state index in [9.17, 15) is 4.79 Å². The van der Waals surface area contributed by atoms with Crippen LogP contribution >= 0.6 is 11.6 Å². The van der Waals surface area contributed by atoms with Gasteiger partial charge in [-0.2, -0.15) is 0 Å². The average Bonchev–Trinajstić information content (AvgIpc) is 3.16. The summed E-state index contributed by atoms with van der Waals surface area (Å²) in [7, 11) is 0. The van der Waals surface area contributed by atoms with Crippen molar-refractivity contribution in [3.05, 3.63) is 59.2 Å². The van der Waals surface area contributed by atoms with Gasteiger partial charge in [0.2, 0.25) is 0 Å². The van der Waals surface area contributed by atoms with Crippen LogP contribution in [-0.4, -0.2) is 55.2 Å². The third-order valence-corrected chi connectivity index (χ3v) is 7.53. The van der Waals surface area contributed by atoms with E-state index in [1.165, 1.54) is 15.6 Å². The second-order valence-electron chi connectivity index (χ2n) is 7.03. The first-order valence-corrected chi connectivity index (χ1v) is 11.6. The van der Waals surface area contributed by atoms with E-state index in [0.717, 1.165) is 16.7 Å². The number of carbonyl (C=O) groups is 1. The van der Waals surface area contributed by atoms with E-state index in [4.69, 9.17) is 21.4 Å². The predicted molar refractivity (Wildman–Crippen MR) is 115 cm³/mol. The van der Waals surface area contributed by atoms with Gasteiger partial charge in [0.05, 0.1) is 0 Å². The van der Waals surface area contributed by atoms with Gasteiger partial charge in [-0.25, -0.2) is 0 Å². The van der Waals surface area contributed by atoms with Crippen molar-refractivity contribution in [3.8, 4) is 25.9 Å². The summed E-state index contributed by atoms with van der Waals surface area (Å²) in [5, 5.41) is 9.58. The van der Waals surface area contributed by atoms with Crippen molar-refractivity contribution < 1.29 is 14.6 Å². The number of aliphatic carboxylic acids is 1. The van der Waals surface area contributed by atoms with Crippen LogP contribution in [0.25, 0.3) is 20.1 Å². The van der Waals surface area contributed by atoms with Crippen LogP contribution in [0.3, 0.4) is 0 Å². The van der Waals surface area contributed by atoms with E-state index < -0.39 is 5.97 Å². The van der Waals surface area contributed by atoms with Gasteiger partial charge < -0.3 is 0 Å². The van der Waals surface area contributed by atoms with Gasteiger partial charge in [-0.05, 0) is 0 Å². The zero-order valence-corrected chi connectivity index (χ0v) is 18.4. The van der Waals surface area contributed by atoms with E-state index in [2.05, 4.69) is 34.1 Å². The Morgan fingerprint density at radius 1 is 1.24 bits per heavy atom. The van der Waals surface area contributed by atoms with Crippen molar-refractivity contribution in [1.82, 2.24) is 9.88 Å². The van der Waals surface area contributed by atoms with Crippen LogP contribution in [0, 0.1) is 5.92 Å². The SMILES string of the molecule is CCOc1ccc(-c2ncc(-c3ccc(CN4CC(C(=O)O)C4)cc3)[se]2)cc1Cl. The molecule has 1 fully saturated rings. The Morgan fingerprint density at radius 3 is 2.62 bits per heavy atom. The molecular weight excluding hydrogens is 455 g/mol. The fourth-order valence-electron chi connectivity index (χ4n) is 3.34. The Morgan fingerprint density at radius 2 is 1.97 bits per heavy atom. The minimum absolute atomic E-state index is 0.115. The van der Waals surface area contributed by atoms with E-state index in [1.807, 2.05) is 31.3 Å². The number of aromatic nitrogens is 1. The van der Waals surface area contributed by atoms with Crippen molar-refractivity contribution in [1.29, 1.82) is 0 Å². The summed E-state index contributed by atoms with van der Waals surface area (Å²) in [6.07, 6.45) is 1.95. The molecule has 150 valence electrons. The number of benzene rings is 2. The van der Waals surface area contributed by atoms with Crippen LogP contribution < -0.4 is 4.74 Å². The van der Waals surface area contributed by atoms with Gasteiger partial charge in [0, 0.05) is 0 Å². The number of halogens is 1. The molecule has 0 amide bonds. The Hall–Kier alpha value is -2.11. The molecule has 0 aliphatic carbocycles. The summed E-state index contributed by atoms with van der Waals surface area (Å²) >= 11 is 6.43. The van der Waals surface area contributed by atoms with Crippen molar-refractivity contribution >= 4 is 32.1 Å². The second kappa shape index (κ2) is 8.72. The van der Waals surface area contributed by atoms with Gasteiger partial charge >= 0.3 is 181 Å². The molecule has 0 spiro atoms. The molecule has 0 bridgehead atoms. The maximum absolute atomic E-state index is 10.9. The molecule has 0 unspecified atom stereocenters. The Bertz CT molecular complexity index is 1010. The van der Waals surface area contributed by atoms with E-state index in [-0.39, 0.29) is 20.4 Å². The minimum atomic E-state index is -0.698. The average molecular weight is 476 g/mol. The predicted octanol–water partition coefficient (Wildman–Crippen LogP) is 4.04. The van der Waals surface area contributed by atoms with Gasteiger partial charge in [0.15, 0.2) is 0 Å². The normalized spacial score (nSPS) is 14.6. The summed E-state index contributed by atoms with van der Waals surface area (Å²) in [6.45, 7) is 4.58. The number of hydrogen-bond acceptors (Lipinski definition) is 4. The van der Waals surface area contributed by atoms with Gasteiger partial charge in [-0.15, -0.1) is 0 Å². The van der Waals surface area contributed by atoms with Crippen molar-refractivity contribution in [2.24, 2.45) is 5.92 Å². The van der Waals surface area contributed by atoms with Gasteiger partial charge in [-0.1, -0.05) is 0 Å². The molecule has 7 heteroatoms. The van der Waals surface area contributed by atoms with Crippen LogP contribution in [0.4, 0.5) is 0 Å². The second-order valence-corrected chi connectivity index (χ2v) is 9.60. The van der Waals surface area contributed by atoms with Gasteiger partial charge in [-0.3, -0.25) is 0 Å². The molecule has 1 aliphatic heterocycles. The number of likely N-dealkylation sites (tertiary alicyclic amines) is 1. The summed E-state index contributed by atoms with van der Waals surface area (Å²) < 4.78 is 7.79. The van der Waals surface area contributed by atoms with Crippen LogP contribution in [0.15, 0.2) is 48.7 Å². The molecule has 5 nitrogen and oxygen atoms in total. The van der Waals surface area contributed by atoms with E-state index >= 15 is 0 Å². The first kappa shape index (κ1) is 20.2. The zero-order chi connectivity index (χ0) is 20.4. The van der Waals surface area contributed by atoms with Crippen molar-refractivity contribution in [3.63, 3.8) is 0 Å². The topological polar surface area (TPSA) is 62.7 Å². The van der Waals surface area contributed by atoms with Crippen molar-refractivity contribution in [2.75, 3.05) is 19.7 Å². The van der Waals surface area contributed by atoms with Gasteiger partial charge in [0.25, 0.3) is 0 Å². The van der Waals surface area contributed by atoms with E-state index in [1.54, 1.807) is 0 Å². The number of hydrogen-bond donors (Lipinski definition) is 1. The third-order valence-electron chi connectivity index (χ3n) is 4.94. The fraction of sp³-hybridized carbons (Fsp3) is 0.273. The first-order chi connectivity index (χ1) is 14.0. The van der Waals surface area contributed by atoms with Crippen LogP contribution in [0.5, 0.6) is 5.75 Å². The monoisotopic (exact) mass is 476 g/mol. The molecule has 29 heavy (non-hydrogen) atoms. The Balaban J connectivity index is 1.43. The molecule has 3 aromatic rings. The third kappa shape index (κ3) is 4.57. The van der Waals surface area contributed by atoms with Gasteiger partial charge in [0.1, 0.15) is 0 Å². The molecule has 1 N–H and O–H groups in total. The molecule has 4 rings (SSSR count). The zero-order valence-electron chi connectivity index (χ0n) is 16.0. The molecule has 0 saturated carbocycles. The van der Waals surface area contributed by atoms with Crippen LogP contribution in [0.2, 0.25) is 5.02 Å². The summed E-state index contributed by atoms with van der Waals surface area (Å²) in [6, 6.07) is 14.3. The summed E-state index contributed by atoms with van der Waals surface area (Å²) in [5.41, 5.74) is 3.41. The van der Waals surface area contributed by atoms with E-state index in [0.29, 0.717) is 30.5 Å². The number of rotatable bonds is 7. The number of carboxylic acid groups (broad SMARTS) is 1. The maximum atomic E-state index is 10.9. The molecule has 1 aromatic heterocycles. The fourth-order valence-corrected chi connectivity index (χ4v) is 5.50. The standard InChI is InChI=1S/C22H21ClN2O3Se/c1-2-28-19-8-7-16(9-18(19)23)21-24-10-20(29-21)15-5-3-14(4-6-15)11-25-12-17(13-25)22(26)27/h3-10,17H,2,11-13H2,1H3,(H,26,27). The molecular formula is C22H21ClN2O3Se. The Kier molecular flexibility index (Phi) is 6.07. The van der Waals surface area contributed by atoms with Crippen LogP contribution in [-0.2, 0) is 11.3 Å². The number of carboxylic acids is 1. The molecule has 2 heterocycles. The number of ether oxygens (including phenoxy) is 1. The first-order valence-electron chi connectivity index (χ1n) is 9.46. The van der Waals surface area contributed by atoms with Crippen LogP contribution in [0.1, 0.15) is 12.5 Å².